The quantitative estimate of drug-likeness (QED) is 0.561. The molecule has 1 atom stereocenters. The zero-order valence-corrected chi connectivity index (χ0v) is 8.27. The smallest absolute Gasteiger partial charge is 0.171 e. The molecule has 14 heavy (non-hydrogen) atoms. The number of rotatable bonds is 3. The van der Waals surface area contributed by atoms with Crippen LogP contribution in [-0.4, -0.2) is 21.8 Å². The lowest BCUT2D eigenvalue weighted by Gasteiger charge is -2.22. The van der Waals surface area contributed by atoms with Crippen molar-refractivity contribution in [3.8, 4) is 0 Å². The third kappa shape index (κ3) is 2.40. The highest BCUT2D eigenvalue weighted by Gasteiger charge is 2.31. The molecule has 0 aromatic heterocycles. The van der Waals surface area contributed by atoms with E-state index in [0.717, 1.165) is 0 Å². The molecule has 1 aromatic carbocycles. The molecule has 0 aliphatic heterocycles. The summed E-state index contributed by atoms with van der Waals surface area (Å²) >= 11 is 0. The van der Waals surface area contributed by atoms with Crippen molar-refractivity contribution in [2.75, 3.05) is 0 Å². The highest BCUT2D eigenvalue weighted by atomic mass is 16.5. The van der Waals surface area contributed by atoms with Gasteiger partial charge < -0.3 is 10.2 Å². The number of carbonyl (C=O) groups excluding carboxylic acids is 1. The van der Waals surface area contributed by atoms with Crippen LogP contribution in [0.2, 0.25) is 0 Å². The van der Waals surface area contributed by atoms with Gasteiger partial charge in [-0.15, -0.1) is 0 Å². The number of aliphatic hydroxyl groups is 2. The van der Waals surface area contributed by atoms with Crippen LogP contribution in [-0.2, 0) is 0 Å². The van der Waals surface area contributed by atoms with E-state index in [9.17, 15) is 15.0 Å². The van der Waals surface area contributed by atoms with Gasteiger partial charge in [0.25, 0.3) is 0 Å². The molecular weight excluding hydrogens is 180 g/mol. The van der Waals surface area contributed by atoms with Gasteiger partial charge in [0, 0.05) is 5.56 Å². The fraction of sp³-hybridized carbons (Fsp3) is 0.364. The van der Waals surface area contributed by atoms with Crippen LogP contribution >= 0.6 is 0 Å². The fourth-order valence-electron chi connectivity index (χ4n) is 1.10. The van der Waals surface area contributed by atoms with Crippen molar-refractivity contribution in [2.45, 2.75) is 19.6 Å². The second-order valence-corrected chi connectivity index (χ2v) is 3.55. The predicted octanol–water partition coefficient (Wildman–Crippen LogP) is 1.21. The van der Waals surface area contributed by atoms with Crippen LogP contribution in [0.25, 0.3) is 0 Å². The van der Waals surface area contributed by atoms with E-state index in [4.69, 9.17) is 0 Å². The summed E-state index contributed by atoms with van der Waals surface area (Å²) in [6, 6.07) is 8.60. The van der Waals surface area contributed by atoms with Gasteiger partial charge in [-0.25, -0.2) is 0 Å². The molecule has 1 rings (SSSR count). The van der Waals surface area contributed by atoms with Crippen LogP contribution in [0.3, 0.4) is 0 Å². The number of ketones is 1. The molecule has 3 nitrogen and oxygen atoms in total. The first-order valence-corrected chi connectivity index (χ1v) is 4.47. The molecule has 0 fully saturated rings. The molecule has 0 unspecified atom stereocenters. The lowest BCUT2D eigenvalue weighted by molar-refractivity contribution is -0.168. The lowest BCUT2D eigenvalue weighted by Crippen LogP contribution is -2.37. The number of hydrogen-bond acceptors (Lipinski definition) is 3. The Balaban J connectivity index is 2.87. The van der Waals surface area contributed by atoms with Gasteiger partial charge >= 0.3 is 0 Å². The summed E-state index contributed by atoms with van der Waals surface area (Å²) in [6.45, 7) is 2.70. The number of benzene rings is 1. The van der Waals surface area contributed by atoms with Crippen molar-refractivity contribution in [3.63, 3.8) is 0 Å². The highest BCUT2D eigenvalue weighted by Crippen LogP contribution is 2.18. The Bertz CT molecular complexity index is 311. The van der Waals surface area contributed by atoms with Crippen molar-refractivity contribution in [3.05, 3.63) is 35.9 Å². The van der Waals surface area contributed by atoms with Crippen LogP contribution in [0.1, 0.15) is 24.2 Å². The molecule has 0 radical (unpaired) electrons. The Kier molecular flexibility index (Phi) is 3.03. The van der Waals surface area contributed by atoms with Gasteiger partial charge in [0.1, 0.15) is 0 Å². The highest BCUT2D eigenvalue weighted by molar-refractivity contribution is 5.98. The molecule has 76 valence electrons. The van der Waals surface area contributed by atoms with Gasteiger partial charge in [-0.3, -0.25) is 4.79 Å². The summed E-state index contributed by atoms with van der Waals surface area (Å²) in [4.78, 5) is 11.7. The Hall–Kier alpha value is -1.19. The van der Waals surface area contributed by atoms with Crippen molar-refractivity contribution >= 4 is 5.78 Å². The first kappa shape index (κ1) is 10.9. The minimum Gasteiger partial charge on any atom is -0.365 e. The largest absolute Gasteiger partial charge is 0.365 e. The monoisotopic (exact) mass is 194 g/mol. The van der Waals surface area contributed by atoms with Gasteiger partial charge in [0.05, 0.1) is 5.92 Å². The minimum absolute atomic E-state index is 0.266. The maximum Gasteiger partial charge on any atom is 0.171 e. The molecule has 0 aliphatic carbocycles. The Morgan fingerprint density at radius 3 is 2.21 bits per heavy atom. The molecule has 0 saturated carbocycles. The SMILES string of the molecule is C[C@H](C(=O)c1ccccc1)C(C)(O)O. The summed E-state index contributed by atoms with van der Waals surface area (Å²) in [5.74, 6) is -3.06. The second kappa shape index (κ2) is 3.90. The summed E-state index contributed by atoms with van der Waals surface area (Å²) in [7, 11) is 0. The first-order chi connectivity index (χ1) is 6.43. The minimum atomic E-state index is -1.97. The summed E-state index contributed by atoms with van der Waals surface area (Å²) in [5, 5.41) is 18.5. The van der Waals surface area contributed by atoms with Gasteiger partial charge in [-0.1, -0.05) is 30.3 Å². The zero-order valence-electron chi connectivity index (χ0n) is 8.27. The Morgan fingerprint density at radius 2 is 1.79 bits per heavy atom. The number of Topliss-reactive ketones (excluding diaryl/α,β-unsaturated/α-hetero) is 1. The maximum atomic E-state index is 11.7. The van der Waals surface area contributed by atoms with Crippen LogP contribution in [0.5, 0.6) is 0 Å². The van der Waals surface area contributed by atoms with E-state index in [0.29, 0.717) is 5.56 Å². The topological polar surface area (TPSA) is 57.5 Å². The lowest BCUT2D eigenvalue weighted by atomic mass is 9.93. The van der Waals surface area contributed by atoms with E-state index >= 15 is 0 Å². The summed E-state index contributed by atoms with van der Waals surface area (Å²) in [6.07, 6.45) is 0. The van der Waals surface area contributed by atoms with Gasteiger partial charge in [0.15, 0.2) is 11.6 Å². The van der Waals surface area contributed by atoms with Crippen LogP contribution < -0.4 is 0 Å². The number of hydrogen-bond donors (Lipinski definition) is 2. The van der Waals surface area contributed by atoms with Crippen LogP contribution in [0.4, 0.5) is 0 Å². The van der Waals surface area contributed by atoms with Crippen molar-refractivity contribution in [2.24, 2.45) is 5.92 Å². The predicted molar refractivity (Wildman–Crippen MR) is 52.8 cm³/mol. The average Bonchev–Trinajstić information content (AvgIpc) is 2.15. The van der Waals surface area contributed by atoms with E-state index in [-0.39, 0.29) is 5.78 Å². The molecule has 0 aliphatic rings. The van der Waals surface area contributed by atoms with Gasteiger partial charge in [-0.2, -0.15) is 0 Å². The average molecular weight is 194 g/mol. The van der Waals surface area contributed by atoms with Gasteiger partial charge in [0.2, 0.25) is 0 Å². The molecule has 0 spiro atoms. The van der Waals surface area contributed by atoms with Gasteiger partial charge in [-0.05, 0) is 13.8 Å². The molecule has 0 saturated heterocycles. The number of carbonyl (C=O) groups is 1. The van der Waals surface area contributed by atoms with E-state index in [1.807, 2.05) is 0 Å². The molecular formula is C11H14O3. The molecule has 0 heterocycles. The molecule has 0 bridgehead atoms. The molecule has 0 amide bonds. The van der Waals surface area contributed by atoms with Crippen LogP contribution in [0, 0.1) is 5.92 Å². The van der Waals surface area contributed by atoms with Crippen molar-refractivity contribution in [1.82, 2.24) is 0 Å². The Morgan fingerprint density at radius 1 is 1.29 bits per heavy atom. The standard InChI is InChI=1S/C11H14O3/c1-8(11(2,13)14)10(12)9-6-4-3-5-7-9/h3-8,13-14H,1-2H3/t8-/m1/s1. The first-order valence-electron chi connectivity index (χ1n) is 4.47. The van der Waals surface area contributed by atoms with E-state index < -0.39 is 11.7 Å². The fourth-order valence-corrected chi connectivity index (χ4v) is 1.10. The second-order valence-electron chi connectivity index (χ2n) is 3.55. The van der Waals surface area contributed by atoms with E-state index in [1.165, 1.54) is 13.8 Å². The van der Waals surface area contributed by atoms with Crippen molar-refractivity contribution in [1.29, 1.82) is 0 Å². The zero-order chi connectivity index (χ0) is 10.8. The third-order valence-electron chi connectivity index (χ3n) is 2.27. The van der Waals surface area contributed by atoms with E-state index in [1.54, 1.807) is 30.3 Å². The summed E-state index contributed by atoms with van der Waals surface area (Å²) < 4.78 is 0. The Labute approximate surface area is 83.0 Å². The third-order valence-corrected chi connectivity index (χ3v) is 2.27. The van der Waals surface area contributed by atoms with Crippen molar-refractivity contribution < 1.29 is 15.0 Å². The normalized spacial score (nSPS) is 13.7. The molecule has 1 aromatic rings. The van der Waals surface area contributed by atoms with Crippen LogP contribution in [0.15, 0.2) is 30.3 Å². The van der Waals surface area contributed by atoms with E-state index in [2.05, 4.69) is 0 Å². The molecule has 2 N–H and O–H groups in total. The maximum absolute atomic E-state index is 11.7. The summed E-state index contributed by atoms with van der Waals surface area (Å²) in [5.41, 5.74) is 0.495. The molecule has 3 heteroatoms.